The number of ether oxygens (including phenoxy) is 1. The van der Waals surface area contributed by atoms with Crippen LogP contribution in [-0.2, 0) is 11.3 Å². The summed E-state index contributed by atoms with van der Waals surface area (Å²) in [5.41, 5.74) is 7.02. The van der Waals surface area contributed by atoms with E-state index in [-0.39, 0.29) is 6.61 Å². The van der Waals surface area contributed by atoms with Crippen molar-refractivity contribution in [1.82, 2.24) is 0 Å². The van der Waals surface area contributed by atoms with Crippen LogP contribution in [0.1, 0.15) is 11.3 Å². The van der Waals surface area contributed by atoms with Crippen LogP contribution in [-0.4, -0.2) is 12.5 Å². The van der Waals surface area contributed by atoms with Gasteiger partial charge in [0, 0.05) is 11.8 Å². The first kappa shape index (κ1) is 13.0. The van der Waals surface area contributed by atoms with Gasteiger partial charge in [-0.2, -0.15) is 0 Å². The molecule has 0 atom stereocenters. The highest BCUT2D eigenvalue weighted by atomic mass is 16.5. The molecule has 3 N–H and O–H groups in total. The van der Waals surface area contributed by atoms with Crippen LogP contribution in [0.2, 0.25) is 0 Å². The average molecular weight is 260 g/mol. The smallest absolute Gasteiger partial charge is 0.255 e. The van der Waals surface area contributed by atoms with Crippen LogP contribution >= 0.6 is 0 Å². The Morgan fingerprint density at radius 3 is 2.95 bits per heavy atom. The predicted molar refractivity (Wildman–Crippen MR) is 71.9 cm³/mol. The van der Waals surface area contributed by atoms with E-state index >= 15 is 0 Å². The highest BCUT2D eigenvalue weighted by molar-refractivity contribution is 5.75. The summed E-state index contributed by atoms with van der Waals surface area (Å²) in [6, 6.07) is 9.25. The van der Waals surface area contributed by atoms with E-state index in [4.69, 9.17) is 14.9 Å². The molecule has 0 bridgehead atoms. The molecule has 1 amide bonds. The van der Waals surface area contributed by atoms with Crippen molar-refractivity contribution in [3.05, 3.63) is 47.9 Å². The number of carbonyl (C=O) groups is 1. The summed E-state index contributed by atoms with van der Waals surface area (Å²) in [6.07, 6.45) is 1.67. The Kier molecular flexibility index (Phi) is 4.07. The van der Waals surface area contributed by atoms with Gasteiger partial charge in [0.05, 0.1) is 12.8 Å². The monoisotopic (exact) mass is 260 g/mol. The third-order valence-electron chi connectivity index (χ3n) is 2.64. The molecule has 2 rings (SSSR count). The van der Waals surface area contributed by atoms with Gasteiger partial charge in [-0.25, -0.2) is 0 Å². The standard InChI is InChI=1S/C14H16N2O3/c1-10-5-6-18-13(10)8-16-11-3-2-4-12(7-11)19-9-14(15)17/h2-7,16H,8-9H2,1H3,(H2,15,17). The Balaban J connectivity index is 1.95. The Morgan fingerprint density at radius 1 is 1.42 bits per heavy atom. The third-order valence-corrected chi connectivity index (χ3v) is 2.64. The molecule has 0 saturated carbocycles. The van der Waals surface area contributed by atoms with E-state index in [9.17, 15) is 4.79 Å². The van der Waals surface area contributed by atoms with Gasteiger partial charge < -0.3 is 20.2 Å². The quantitative estimate of drug-likeness (QED) is 0.833. The van der Waals surface area contributed by atoms with E-state index in [2.05, 4.69) is 5.32 Å². The zero-order chi connectivity index (χ0) is 13.7. The number of benzene rings is 1. The Hall–Kier alpha value is -2.43. The minimum atomic E-state index is -0.496. The number of hydrogen-bond acceptors (Lipinski definition) is 4. The van der Waals surface area contributed by atoms with Gasteiger partial charge >= 0.3 is 0 Å². The lowest BCUT2D eigenvalue weighted by Gasteiger charge is -2.08. The van der Waals surface area contributed by atoms with E-state index in [1.165, 1.54) is 0 Å². The van der Waals surface area contributed by atoms with Gasteiger partial charge in [-0.05, 0) is 30.7 Å². The van der Waals surface area contributed by atoms with Gasteiger partial charge in [0.25, 0.3) is 5.91 Å². The van der Waals surface area contributed by atoms with Gasteiger partial charge in [0.1, 0.15) is 11.5 Å². The molecule has 0 aliphatic rings. The molecule has 0 fully saturated rings. The number of rotatable bonds is 6. The van der Waals surface area contributed by atoms with E-state index in [0.717, 1.165) is 17.0 Å². The molecule has 0 unspecified atom stereocenters. The van der Waals surface area contributed by atoms with Crippen LogP contribution in [0.25, 0.3) is 0 Å². The Bertz CT molecular complexity index is 563. The summed E-state index contributed by atoms with van der Waals surface area (Å²) < 4.78 is 10.6. The van der Waals surface area contributed by atoms with Crippen LogP contribution in [0, 0.1) is 6.92 Å². The van der Waals surface area contributed by atoms with Crippen LogP contribution in [0.4, 0.5) is 5.69 Å². The van der Waals surface area contributed by atoms with E-state index < -0.39 is 5.91 Å². The van der Waals surface area contributed by atoms with Crippen LogP contribution < -0.4 is 15.8 Å². The van der Waals surface area contributed by atoms with Crippen molar-refractivity contribution >= 4 is 11.6 Å². The molecule has 0 spiro atoms. The topological polar surface area (TPSA) is 77.5 Å². The number of furan rings is 1. The summed E-state index contributed by atoms with van der Waals surface area (Å²) >= 11 is 0. The molecule has 2 aromatic rings. The third kappa shape index (κ3) is 3.77. The molecule has 0 radical (unpaired) electrons. The van der Waals surface area contributed by atoms with Gasteiger partial charge in [0.2, 0.25) is 0 Å². The van der Waals surface area contributed by atoms with E-state index in [1.54, 1.807) is 18.4 Å². The van der Waals surface area contributed by atoms with Crippen LogP contribution in [0.15, 0.2) is 41.0 Å². The molecule has 100 valence electrons. The normalized spacial score (nSPS) is 10.2. The SMILES string of the molecule is Cc1ccoc1CNc1cccc(OCC(N)=O)c1. The second kappa shape index (κ2) is 5.95. The molecule has 5 heteroatoms. The fraction of sp³-hybridized carbons (Fsp3) is 0.214. The first-order valence-electron chi connectivity index (χ1n) is 5.93. The minimum Gasteiger partial charge on any atom is -0.484 e. The van der Waals surface area contributed by atoms with Crippen LogP contribution in [0.3, 0.4) is 0 Å². The number of carbonyl (C=O) groups excluding carboxylic acids is 1. The lowest BCUT2D eigenvalue weighted by molar-refractivity contribution is -0.119. The summed E-state index contributed by atoms with van der Waals surface area (Å²) in [7, 11) is 0. The van der Waals surface area contributed by atoms with Crippen molar-refractivity contribution < 1.29 is 13.9 Å². The summed E-state index contributed by atoms with van der Waals surface area (Å²) in [6.45, 7) is 2.46. The first-order valence-corrected chi connectivity index (χ1v) is 5.93. The van der Waals surface area contributed by atoms with Crippen molar-refractivity contribution in [2.45, 2.75) is 13.5 Å². The van der Waals surface area contributed by atoms with Gasteiger partial charge in [-0.1, -0.05) is 6.07 Å². The molecule has 1 heterocycles. The van der Waals surface area contributed by atoms with Crippen molar-refractivity contribution in [1.29, 1.82) is 0 Å². The fourth-order valence-electron chi connectivity index (χ4n) is 1.62. The second-order valence-electron chi connectivity index (χ2n) is 4.16. The molecular formula is C14H16N2O3. The number of aryl methyl sites for hydroxylation is 1. The largest absolute Gasteiger partial charge is 0.484 e. The highest BCUT2D eigenvalue weighted by Gasteiger charge is 2.03. The van der Waals surface area contributed by atoms with Gasteiger partial charge in [0.15, 0.2) is 6.61 Å². The maximum Gasteiger partial charge on any atom is 0.255 e. The first-order chi connectivity index (χ1) is 9.15. The number of amides is 1. The van der Waals surface area contributed by atoms with Crippen molar-refractivity contribution in [3.63, 3.8) is 0 Å². The van der Waals surface area contributed by atoms with Crippen molar-refractivity contribution in [3.8, 4) is 5.75 Å². The second-order valence-corrected chi connectivity index (χ2v) is 4.16. The molecular weight excluding hydrogens is 244 g/mol. The Morgan fingerprint density at radius 2 is 2.26 bits per heavy atom. The molecule has 1 aromatic carbocycles. The lowest BCUT2D eigenvalue weighted by atomic mass is 10.2. The number of nitrogens with two attached hydrogens (primary N) is 1. The van der Waals surface area contributed by atoms with Crippen molar-refractivity contribution in [2.75, 3.05) is 11.9 Å². The number of anilines is 1. The molecule has 5 nitrogen and oxygen atoms in total. The van der Waals surface area contributed by atoms with Gasteiger partial charge in [-0.15, -0.1) is 0 Å². The number of primary amides is 1. The molecule has 0 saturated heterocycles. The highest BCUT2D eigenvalue weighted by Crippen LogP contribution is 2.18. The maximum absolute atomic E-state index is 10.6. The number of hydrogen-bond donors (Lipinski definition) is 2. The van der Waals surface area contributed by atoms with E-state index in [0.29, 0.717) is 12.3 Å². The minimum absolute atomic E-state index is 0.124. The average Bonchev–Trinajstić information content (AvgIpc) is 2.80. The Labute approximate surface area is 111 Å². The summed E-state index contributed by atoms with van der Waals surface area (Å²) in [5, 5.41) is 3.23. The summed E-state index contributed by atoms with van der Waals surface area (Å²) in [5.74, 6) is 0.994. The molecule has 19 heavy (non-hydrogen) atoms. The van der Waals surface area contributed by atoms with Crippen LogP contribution in [0.5, 0.6) is 5.75 Å². The molecule has 1 aromatic heterocycles. The fourth-order valence-corrected chi connectivity index (χ4v) is 1.62. The van der Waals surface area contributed by atoms with Crippen molar-refractivity contribution in [2.24, 2.45) is 5.73 Å². The predicted octanol–water partition coefficient (Wildman–Crippen LogP) is 2.06. The number of nitrogens with one attached hydrogen (secondary N) is 1. The maximum atomic E-state index is 10.6. The summed E-state index contributed by atoms with van der Waals surface area (Å²) in [4.78, 5) is 10.6. The molecule has 0 aliphatic carbocycles. The van der Waals surface area contributed by atoms with Gasteiger partial charge in [-0.3, -0.25) is 4.79 Å². The zero-order valence-electron chi connectivity index (χ0n) is 10.7. The zero-order valence-corrected chi connectivity index (χ0v) is 10.7. The van der Waals surface area contributed by atoms with E-state index in [1.807, 2.05) is 25.1 Å². The molecule has 0 aliphatic heterocycles. The lowest BCUT2D eigenvalue weighted by Crippen LogP contribution is -2.20.